The van der Waals surface area contributed by atoms with Crippen LogP contribution >= 0.6 is 0 Å². The quantitative estimate of drug-likeness (QED) is 0.483. The van der Waals surface area contributed by atoms with Crippen molar-refractivity contribution in [3.63, 3.8) is 0 Å². The number of aromatic hydroxyl groups is 1. The third-order valence-corrected chi connectivity index (χ3v) is 1.76. The maximum absolute atomic E-state index is 10.6. The van der Waals surface area contributed by atoms with Crippen molar-refractivity contribution in [3.05, 3.63) is 23.3 Å². The van der Waals surface area contributed by atoms with E-state index < -0.39 is 5.97 Å². The van der Waals surface area contributed by atoms with Crippen LogP contribution in [0.3, 0.4) is 0 Å². The van der Waals surface area contributed by atoms with Gasteiger partial charge in [-0.2, -0.15) is 0 Å². The van der Waals surface area contributed by atoms with E-state index in [1.807, 2.05) is 0 Å². The van der Waals surface area contributed by atoms with Gasteiger partial charge in [-0.25, -0.2) is 9.79 Å². The Hall–Kier alpha value is -2.04. The lowest BCUT2D eigenvalue weighted by Gasteiger charge is -2.04. The predicted octanol–water partition coefficient (Wildman–Crippen LogP) is 1.02. The minimum Gasteiger partial charge on any atom is -0.507 e. The molecule has 4 N–H and O–H groups in total. The lowest BCUT2D eigenvalue weighted by atomic mass is 10.1. The first-order valence-electron chi connectivity index (χ1n) is 3.87. The van der Waals surface area contributed by atoms with Gasteiger partial charge in [0.15, 0.2) is 0 Å². The predicted molar refractivity (Wildman–Crippen MR) is 52.1 cm³/mol. The number of hydrogen-bond acceptors (Lipinski definition) is 3. The third-order valence-electron chi connectivity index (χ3n) is 1.76. The number of phenols is 1. The van der Waals surface area contributed by atoms with E-state index in [1.54, 1.807) is 6.92 Å². The Morgan fingerprint density at radius 3 is 2.71 bits per heavy atom. The van der Waals surface area contributed by atoms with Crippen LogP contribution in [0.1, 0.15) is 15.9 Å². The number of rotatable bonds is 2. The Balaban J connectivity index is 3.34. The Kier molecular flexibility index (Phi) is 2.71. The van der Waals surface area contributed by atoms with Crippen LogP contribution in [-0.4, -0.2) is 22.5 Å². The highest BCUT2D eigenvalue weighted by Crippen LogP contribution is 2.27. The molecule has 0 aromatic heterocycles. The molecule has 74 valence electrons. The lowest BCUT2D eigenvalue weighted by molar-refractivity contribution is 0.0694. The SMILES string of the molecule is Cc1cc(O)c(C(=O)O)cc1N=CN. The van der Waals surface area contributed by atoms with Crippen LogP contribution in [0.2, 0.25) is 0 Å². The minimum absolute atomic E-state index is 0.184. The standard InChI is InChI=1S/C9H10N2O3/c1-5-2-8(12)6(9(13)14)3-7(5)11-4-10/h2-4,12H,1H3,(H2,10,11)(H,13,14). The van der Waals surface area contributed by atoms with Gasteiger partial charge in [-0.3, -0.25) is 0 Å². The van der Waals surface area contributed by atoms with E-state index in [2.05, 4.69) is 4.99 Å². The highest BCUT2D eigenvalue weighted by atomic mass is 16.4. The van der Waals surface area contributed by atoms with E-state index in [0.29, 0.717) is 11.3 Å². The van der Waals surface area contributed by atoms with E-state index in [-0.39, 0.29) is 11.3 Å². The monoisotopic (exact) mass is 194 g/mol. The molecule has 0 bridgehead atoms. The Morgan fingerprint density at radius 1 is 1.57 bits per heavy atom. The molecule has 14 heavy (non-hydrogen) atoms. The summed E-state index contributed by atoms with van der Waals surface area (Å²) in [6.07, 6.45) is 1.07. The van der Waals surface area contributed by atoms with Crippen molar-refractivity contribution in [2.45, 2.75) is 6.92 Å². The second-order valence-corrected chi connectivity index (χ2v) is 2.74. The molecule has 0 unspecified atom stereocenters. The molecule has 1 aromatic rings. The number of benzene rings is 1. The van der Waals surface area contributed by atoms with E-state index in [0.717, 1.165) is 6.34 Å². The van der Waals surface area contributed by atoms with Crippen molar-refractivity contribution < 1.29 is 15.0 Å². The van der Waals surface area contributed by atoms with Crippen LogP contribution in [0, 0.1) is 6.92 Å². The van der Waals surface area contributed by atoms with Crippen LogP contribution in [-0.2, 0) is 0 Å². The molecule has 1 aromatic carbocycles. The first kappa shape index (κ1) is 10.0. The molecule has 5 heteroatoms. The fourth-order valence-corrected chi connectivity index (χ4v) is 1.07. The molecule has 0 amide bonds. The summed E-state index contributed by atoms with van der Waals surface area (Å²) in [5.74, 6) is -1.47. The molecular formula is C9H10N2O3. The van der Waals surface area contributed by atoms with Crippen LogP contribution in [0.15, 0.2) is 17.1 Å². The molecule has 0 saturated carbocycles. The summed E-state index contributed by atoms with van der Waals surface area (Å²) in [5, 5.41) is 18.0. The minimum atomic E-state index is -1.20. The maximum Gasteiger partial charge on any atom is 0.339 e. The molecule has 0 aliphatic carbocycles. The fraction of sp³-hybridized carbons (Fsp3) is 0.111. The number of hydrogen-bond donors (Lipinski definition) is 3. The second kappa shape index (κ2) is 3.78. The molecule has 1 rings (SSSR count). The molecule has 0 aliphatic heterocycles. The number of nitrogens with zero attached hydrogens (tertiary/aromatic N) is 1. The highest BCUT2D eigenvalue weighted by Gasteiger charge is 2.11. The van der Waals surface area contributed by atoms with Gasteiger partial charge >= 0.3 is 5.97 Å². The van der Waals surface area contributed by atoms with Crippen molar-refractivity contribution in [3.8, 4) is 5.75 Å². The first-order chi connectivity index (χ1) is 6.56. The maximum atomic E-state index is 10.6. The van der Waals surface area contributed by atoms with Gasteiger partial charge in [0.1, 0.15) is 11.3 Å². The summed E-state index contributed by atoms with van der Waals surface area (Å²) < 4.78 is 0. The molecule has 0 heterocycles. The zero-order chi connectivity index (χ0) is 10.7. The van der Waals surface area contributed by atoms with Gasteiger partial charge in [0.25, 0.3) is 0 Å². The van der Waals surface area contributed by atoms with Gasteiger partial charge in [-0.05, 0) is 24.6 Å². The molecule has 0 fully saturated rings. The summed E-state index contributed by atoms with van der Waals surface area (Å²) in [6.45, 7) is 1.70. The van der Waals surface area contributed by atoms with Crippen molar-refractivity contribution in [2.24, 2.45) is 10.7 Å². The molecular weight excluding hydrogens is 184 g/mol. The van der Waals surface area contributed by atoms with Crippen molar-refractivity contribution in [1.82, 2.24) is 0 Å². The summed E-state index contributed by atoms with van der Waals surface area (Å²) in [4.78, 5) is 14.4. The number of carbonyl (C=O) groups is 1. The number of carboxylic acid groups (broad SMARTS) is 1. The van der Waals surface area contributed by atoms with Crippen LogP contribution in [0.5, 0.6) is 5.75 Å². The number of aromatic carboxylic acids is 1. The van der Waals surface area contributed by atoms with Gasteiger partial charge in [0, 0.05) is 0 Å². The number of nitrogens with two attached hydrogens (primary N) is 1. The number of aryl methyl sites for hydroxylation is 1. The van der Waals surface area contributed by atoms with Gasteiger partial charge in [-0.15, -0.1) is 0 Å². The van der Waals surface area contributed by atoms with E-state index in [1.165, 1.54) is 12.1 Å². The van der Waals surface area contributed by atoms with Crippen LogP contribution in [0.25, 0.3) is 0 Å². The third kappa shape index (κ3) is 1.82. The molecule has 0 aliphatic rings. The summed E-state index contributed by atoms with van der Waals surface area (Å²) in [5.41, 5.74) is 6.00. The lowest BCUT2D eigenvalue weighted by Crippen LogP contribution is -1.97. The van der Waals surface area contributed by atoms with Crippen LogP contribution in [0.4, 0.5) is 5.69 Å². The molecule has 0 saturated heterocycles. The smallest absolute Gasteiger partial charge is 0.339 e. The average Bonchev–Trinajstić information content (AvgIpc) is 2.09. The zero-order valence-corrected chi connectivity index (χ0v) is 7.56. The van der Waals surface area contributed by atoms with E-state index >= 15 is 0 Å². The molecule has 5 nitrogen and oxygen atoms in total. The van der Waals surface area contributed by atoms with E-state index in [9.17, 15) is 9.90 Å². The summed E-state index contributed by atoms with van der Waals surface area (Å²) in [6, 6.07) is 2.61. The van der Waals surface area contributed by atoms with E-state index in [4.69, 9.17) is 10.8 Å². The summed E-state index contributed by atoms with van der Waals surface area (Å²) in [7, 11) is 0. The molecule has 0 radical (unpaired) electrons. The Bertz CT molecular complexity index is 399. The molecule has 0 atom stereocenters. The number of aliphatic imine (C=N–C) groups is 1. The van der Waals surface area contributed by atoms with Gasteiger partial charge in [0.05, 0.1) is 12.0 Å². The largest absolute Gasteiger partial charge is 0.507 e. The second-order valence-electron chi connectivity index (χ2n) is 2.74. The van der Waals surface area contributed by atoms with Crippen molar-refractivity contribution in [1.29, 1.82) is 0 Å². The van der Waals surface area contributed by atoms with Crippen molar-refractivity contribution >= 4 is 18.0 Å². The Morgan fingerprint density at radius 2 is 2.21 bits per heavy atom. The van der Waals surface area contributed by atoms with Gasteiger partial charge in [0.2, 0.25) is 0 Å². The first-order valence-corrected chi connectivity index (χ1v) is 3.87. The number of carboxylic acids is 1. The summed E-state index contributed by atoms with van der Waals surface area (Å²) >= 11 is 0. The topological polar surface area (TPSA) is 95.9 Å². The molecule has 0 spiro atoms. The van der Waals surface area contributed by atoms with Gasteiger partial charge in [-0.1, -0.05) is 0 Å². The normalized spacial score (nSPS) is 10.6. The van der Waals surface area contributed by atoms with Gasteiger partial charge < -0.3 is 15.9 Å². The van der Waals surface area contributed by atoms with Crippen LogP contribution < -0.4 is 5.73 Å². The highest BCUT2D eigenvalue weighted by molar-refractivity contribution is 5.92. The zero-order valence-electron chi connectivity index (χ0n) is 7.56. The fourth-order valence-electron chi connectivity index (χ4n) is 1.07. The van der Waals surface area contributed by atoms with Crippen molar-refractivity contribution in [2.75, 3.05) is 0 Å². The Labute approximate surface area is 80.5 Å². The average molecular weight is 194 g/mol.